The topological polar surface area (TPSA) is 78.4 Å². The van der Waals surface area contributed by atoms with Gasteiger partial charge in [-0.1, -0.05) is 18.2 Å². The van der Waals surface area contributed by atoms with Crippen molar-refractivity contribution in [1.29, 1.82) is 0 Å². The Hall–Kier alpha value is -1.68. The van der Waals surface area contributed by atoms with E-state index in [4.69, 9.17) is 0 Å². The van der Waals surface area contributed by atoms with Gasteiger partial charge in [-0.2, -0.15) is 0 Å². The van der Waals surface area contributed by atoms with E-state index in [1.54, 1.807) is 18.4 Å². The Morgan fingerprint density at radius 1 is 1.21 bits per heavy atom. The van der Waals surface area contributed by atoms with Crippen molar-refractivity contribution < 1.29 is 4.79 Å². The van der Waals surface area contributed by atoms with Gasteiger partial charge in [0.15, 0.2) is 5.96 Å². The number of para-hydroxylation sites is 1. The number of carbonyl (C=O) groups excluding carboxylic acids is 1. The van der Waals surface area contributed by atoms with E-state index in [-0.39, 0.29) is 36.4 Å². The SMILES string of the molecule is CN=C(NCC(=O)Nc1ccccc1)NCc1sc(C)nc1C.I. The van der Waals surface area contributed by atoms with Crippen molar-refractivity contribution in [2.75, 3.05) is 18.9 Å². The van der Waals surface area contributed by atoms with Crippen LogP contribution in [0.5, 0.6) is 0 Å². The number of amides is 1. The second-order valence-corrected chi connectivity index (χ2v) is 6.22. The molecule has 2 aromatic rings. The number of hydrogen-bond donors (Lipinski definition) is 3. The molecule has 0 aliphatic rings. The summed E-state index contributed by atoms with van der Waals surface area (Å²) in [4.78, 5) is 21.6. The molecule has 0 aliphatic heterocycles. The number of nitrogens with zero attached hydrogens (tertiary/aromatic N) is 2. The zero-order valence-corrected chi connectivity index (χ0v) is 17.1. The van der Waals surface area contributed by atoms with Gasteiger partial charge in [0.2, 0.25) is 5.91 Å². The molecule has 1 amide bonds. The van der Waals surface area contributed by atoms with Gasteiger partial charge in [-0.15, -0.1) is 35.3 Å². The summed E-state index contributed by atoms with van der Waals surface area (Å²) in [6.07, 6.45) is 0. The highest BCUT2D eigenvalue weighted by Gasteiger charge is 2.07. The molecule has 0 spiro atoms. The summed E-state index contributed by atoms with van der Waals surface area (Å²) < 4.78 is 0. The second kappa shape index (κ2) is 10.2. The van der Waals surface area contributed by atoms with Crippen molar-refractivity contribution >= 4 is 52.9 Å². The molecule has 1 heterocycles. The maximum Gasteiger partial charge on any atom is 0.243 e. The molecule has 2 rings (SSSR count). The molecule has 1 aromatic carbocycles. The molecule has 130 valence electrons. The maximum atomic E-state index is 11.9. The number of nitrogens with one attached hydrogen (secondary N) is 3. The van der Waals surface area contributed by atoms with Gasteiger partial charge in [0.25, 0.3) is 0 Å². The minimum atomic E-state index is -0.121. The van der Waals surface area contributed by atoms with E-state index >= 15 is 0 Å². The molecule has 0 aliphatic carbocycles. The summed E-state index contributed by atoms with van der Waals surface area (Å²) in [6, 6.07) is 9.36. The van der Waals surface area contributed by atoms with Gasteiger partial charge in [-0.05, 0) is 26.0 Å². The van der Waals surface area contributed by atoms with E-state index in [1.807, 2.05) is 44.2 Å². The normalized spacial score (nSPS) is 10.7. The number of halogens is 1. The number of carbonyl (C=O) groups is 1. The number of aliphatic imine (C=N–C) groups is 1. The van der Waals surface area contributed by atoms with Crippen molar-refractivity contribution in [3.8, 4) is 0 Å². The molecular formula is C16H22IN5OS. The van der Waals surface area contributed by atoms with Crippen LogP contribution in [-0.4, -0.2) is 30.4 Å². The van der Waals surface area contributed by atoms with Crippen molar-refractivity contribution in [2.24, 2.45) is 4.99 Å². The van der Waals surface area contributed by atoms with Crippen molar-refractivity contribution in [3.63, 3.8) is 0 Å². The van der Waals surface area contributed by atoms with Gasteiger partial charge < -0.3 is 16.0 Å². The smallest absolute Gasteiger partial charge is 0.243 e. The lowest BCUT2D eigenvalue weighted by Gasteiger charge is -2.11. The van der Waals surface area contributed by atoms with Crippen LogP contribution in [0.1, 0.15) is 15.6 Å². The van der Waals surface area contributed by atoms with Gasteiger partial charge in [-0.3, -0.25) is 9.79 Å². The monoisotopic (exact) mass is 459 g/mol. The van der Waals surface area contributed by atoms with Crippen LogP contribution in [0.15, 0.2) is 35.3 Å². The van der Waals surface area contributed by atoms with Crippen molar-refractivity contribution in [1.82, 2.24) is 15.6 Å². The fraction of sp³-hybridized carbons (Fsp3) is 0.312. The zero-order valence-electron chi connectivity index (χ0n) is 13.9. The number of benzene rings is 1. The molecule has 0 unspecified atom stereocenters. The Labute approximate surface area is 163 Å². The Bertz CT molecular complexity index is 687. The molecule has 0 bridgehead atoms. The standard InChI is InChI=1S/C16H21N5OS.HI/c1-11-14(23-12(2)20-11)9-18-16(17-3)19-10-15(22)21-13-7-5-4-6-8-13;/h4-8H,9-10H2,1-3H3,(H,21,22)(H2,17,18,19);1H. The predicted molar refractivity (Wildman–Crippen MR) is 110 cm³/mol. The number of anilines is 1. The fourth-order valence-corrected chi connectivity index (χ4v) is 2.89. The van der Waals surface area contributed by atoms with Crippen molar-refractivity contribution in [2.45, 2.75) is 20.4 Å². The molecule has 1 aromatic heterocycles. The highest BCUT2D eigenvalue weighted by molar-refractivity contribution is 14.0. The quantitative estimate of drug-likeness (QED) is 0.365. The molecular weight excluding hydrogens is 437 g/mol. The highest BCUT2D eigenvalue weighted by Crippen LogP contribution is 2.16. The van der Waals surface area contributed by atoms with Crippen LogP contribution < -0.4 is 16.0 Å². The third-order valence-electron chi connectivity index (χ3n) is 3.11. The summed E-state index contributed by atoms with van der Waals surface area (Å²) in [7, 11) is 1.68. The lowest BCUT2D eigenvalue weighted by atomic mass is 10.3. The van der Waals surface area contributed by atoms with Crippen molar-refractivity contribution in [3.05, 3.63) is 45.9 Å². The minimum absolute atomic E-state index is 0. The molecule has 24 heavy (non-hydrogen) atoms. The molecule has 0 fully saturated rings. The molecule has 6 nitrogen and oxygen atoms in total. The number of guanidine groups is 1. The van der Waals surface area contributed by atoms with Gasteiger partial charge in [0.1, 0.15) is 0 Å². The van der Waals surface area contributed by atoms with E-state index in [0.717, 1.165) is 16.4 Å². The van der Waals surface area contributed by atoms with E-state index in [9.17, 15) is 4.79 Å². The third kappa shape index (κ3) is 6.44. The molecule has 0 saturated carbocycles. The first-order valence-electron chi connectivity index (χ1n) is 7.31. The second-order valence-electron chi connectivity index (χ2n) is 4.93. The average molecular weight is 459 g/mol. The molecule has 3 N–H and O–H groups in total. The summed E-state index contributed by atoms with van der Waals surface area (Å²) in [6.45, 7) is 4.76. The number of hydrogen-bond acceptors (Lipinski definition) is 4. The van der Waals surface area contributed by atoms with Gasteiger partial charge in [-0.25, -0.2) is 4.98 Å². The Kier molecular flexibility index (Phi) is 8.69. The lowest BCUT2D eigenvalue weighted by Crippen LogP contribution is -2.41. The van der Waals surface area contributed by atoms with Crippen LogP contribution in [0.25, 0.3) is 0 Å². The zero-order chi connectivity index (χ0) is 16.7. The first-order chi connectivity index (χ1) is 11.1. The Morgan fingerprint density at radius 2 is 1.92 bits per heavy atom. The lowest BCUT2D eigenvalue weighted by molar-refractivity contribution is -0.115. The Morgan fingerprint density at radius 3 is 2.50 bits per heavy atom. The fourth-order valence-electron chi connectivity index (χ4n) is 2.01. The summed E-state index contributed by atoms with van der Waals surface area (Å²) >= 11 is 1.66. The van der Waals surface area contributed by atoms with Crippen LogP contribution >= 0.6 is 35.3 Å². The number of aryl methyl sites for hydroxylation is 2. The van der Waals surface area contributed by atoms with Crippen LogP contribution in [-0.2, 0) is 11.3 Å². The third-order valence-corrected chi connectivity index (χ3v) is 4.19. The minimum Gasteiger partial charge on any atom is -0.351 e. The molecule has 0 radical (unpaired) electrons. The maximum absolute atomic E-state index is 11.9. The van der Waals surface area contributed by atoms with Crippen LogP contribution in [0, 0.1) is 13.8 Å². The first kappa shape index (κ1) is 20.4. The van der Waals surface area contributed by atoms with Gasteiger partial charge in [0.05, 0.1) is 23.8 Å². The van der Waals surface area contributed by atoms with E-state index < -0.39 is 0 Å². The number of aromatic nitrogens is 1. The van der Waals surface area contributed by atoms with Gasteiger partial charge >= 0.3 is 0 Å². The van der Waals surface area contributed by atoms with E-state index in [1.165, 1.54) is 4.88 Å². The summed E-state index contributed by atoms with van der Waals surface area (Å²) in [5, 5.41) is 10.0. The van der Waals surface area contributed by atoms with Gasteiger partial charge in [0, 0.05) is 17.6 Å². The Balaban J connectivity index is 0.00000288. The molecule has 8 heteroatoms. The average Bonchev–Trinajstić information content (AvgIpc) is 2.86. The highest BCUT2D eigenvalue weighted by atomic mass is 127. The van der Waals surface area contributed by atoms with E-state index in [2.05, 4.69) is 25.9 Å². The largest absolute Gasteiger partial charge is 0.351 e. The molecule has 0 saturated heterocycles. The van der Waals surface area contributed by atoms with Crippen LogP contribution in [0.2, 0.25) is 0 Å². The number of thiazole rings is 1. The summed E-state index contributed by atoms with van der Waals surface area (Å²) in [5.74, 6) is 0.461. The van der Waals surface area contributed by atoms with E-state index in [0.29, 0.717) is 12.5 Å². The van der Waals surface area contributed by atoms with Crippen LogP contribution in [0.4, 0.5) is 5.69 Å². The first-order valence-corrected chi connectivity index (χ1v) is 8.12. The molecule has 0 atom stereocenters. The number of rotatable bonds is 5. The van der Waals surface area contributed by atoms with Crippen LogP contribution in [0.3, 0.4) is 0 Å². The predicted octanol–water partition coefficient (Wildman–Crippen LogP) is 2.68. The summed E-state index contributed by atoms with van der Waals surface area (Å²) in [5.41, 5.74) is 1.80.